The molecule has 14 heavy (non-hydrogen) atoms. The number of rotatable bonds is 0. The molecule has 0 saturated heterocycles. The normalized spacial score (nSPS) is 14.0. The Balaban J connectivity index is 2.91. The molecule has 0 aromatic carbocycles. The van der Waals surface area contributed by atoms with Crippen molar-refractivity contribution < 1.29 is 9.59 Å². The molecule has 1 amide bonds. The SMILES string of the molecule is [B]n1c(=O)[nH]c2c(c1=O)C(=O)C(=O)N2. The van der Waals surface area contributed by atoms with Crippen molar-refractivity contribution in [3.63, 3.8) is 0 Å². The van der Waals surface area contributed by atoms with Crippen LogP contribution in [0, 0.1) is 0 Å². The first-order chi connectivity index (χ1) is 6.52. The number of anilines is 1. The Morgan fingerprint density at radius 2 is 1.79 bits per heavy atom. The van der Waals surface area contributed by atoms with E-state index in [1.165, 1.54) is 0 Å². The number of nitrogens with zero attached hydrogens (tertiary/aromatic N) is 1. The Kier molecular flexibility index (Phi) is 1.48. The smallest absolute Gasteiger partial charge is 0.316 e. The van der Waals surface area contributed by atoms with Gasteiger partial charge in [0.25, 0.3) is 17.2 Å². The highest BCUT2D eigenvalue weighted by molar-refractivity contribution is 6.51. The number of aromatic nitrogens is 2. The van der Waals surface area contributed by atoms with Gasteiger partial charge >= 0.3 is 5.69 Å². The van der Waals surface area contributed by atoms with Gasteiger partial charge in [-0.05, 0) is 0 Å². The summed E-state index contributed by atoms with van der Waals surface area (Å²) in [4.78, 5) is 46.2. The van der Waals surface area contributed by atoms with Crippen LogP contribution in [0.15, 0.2) is 9.59 Å². The summed E-state index contributed by atoms with van der Waals surface area (Å²) < 4.78 is 0.233. The summed E-state index contributed by atoms with van der Waals surface area (Å²) >= 11 is 0. The van der Waals surface area contributed by atoms with E-state index < -0.39 is 28.5 Å². The van der Waals surface area contributed by atoms with Gasteiger partial charge in [-0.15, -0.1) is 0 Å². The molecule has 0 fully saturated rings. The van der Waals surface area contributed by atoms with Crippen molar-refractivity contribution in [3.05, 3.63) is 26.4 Å². The van der Waals surface area contributed by atoms with E-state index in [1.807, 2.05) is 5.32 Å². The topological polar surface area (TPSA) is 101 Å². The Bertz CT molecular complexity index is 569. The van der Waals surface area contributed by atoms with Crippen molar-refractivity contribution in [2.45, 2.75) is 0 Å². The summed E-state index contributed by atoms with van der Waals surface area (Å²) in [5.41, 5.74) is -2.33. The lowest BCUT2D eigenvalue weighted by atomic mass is 10.2. The van der Waals surface area contributed by atoms with Gasteiger partial charge in [-0.1, -0.05) is 0 Å². The molecule has 2 heterocycles. The first-order valence-electron chi connectivity index (χ1n) is 3.52. The van der Waals surface area contributed by atoms with Crippen LogP contribution < -0.4 is 16.6 Å². The number of fused-ring (bicyclic) bond motifs is 1. The van der Waals surface area contributed by atoms with E-state index in [-0.39, 0.29) is 10.3 Å². The van der Waals surface area contributed by atoms with Gasteiger partial charge in [0.05, 0.1) is 0 Å². The summed E-state index contributed by atoms with van der Waals surface area (Å²) in [6.45, 7) is 0. The van der Waals surface area contributed by atoms with Gasteiger partial charge in [0, 0.05) is 0 Å². The minimum atomic E-state index is -1.000. The lowest BCUT2D eigenvalue weighted by molar-refractivity contribution is -0.112. The Morgan fingerprint density at radius 3 is 2.43 bits per heavy atom. The number of nitrogens with one attached hydrogen (secondary N) is 2. The number of hydrogen-bond acceptors (Lipinski definition) is 4. The highest BCUT2D eigenvalue weighted by Gasteiger charge is 2.32. The highest BCUT2D eigenvalue weighted by atomic mass is 16.2. The van der Waals surface area contributed by atoms with Gasteiger partial charge in [-0.2, -0.15) is 0 Å². The van der Waals surface area contributed by atoms with Gasteiger partial charge in [-0.25, -0.2) is 4.79 Å². The second-order valence-corrected chi connectivity index (χ2v) is 2.64. The Labute approximate surface area is 77.2 Å². The molecular weight excluding hydrogens is 189 g/mol. The van der Waals surface area contributed by atoms with Crippen LogP contribution in [0.3, 0.4) is 0 Å². The molecule has 0 spiro atoms. The second-order valence-electron chi connectivity index (χ2n) is 2.64. The van der Waals surface area contributed by atoms with E-state index in [1.54, 1.807) is 0 Å². The van der Waals surface area contributed by atoms with Crippen molar-refractivity contribution in [2.75, 3.05) is 5.32 Å². The molecule has 1 aliphatic rings. The highest BCUT2D eigenvalue weighted by Crippen LogP contribution is 2.13. The Hall–Kier alpha value is -2.12. The summed E-state index contributed by atoms with van der Waals surface area (Å²) in [7, 11) is 5.03. The molecular formula is C6H2BN3O4. The van der Waals surface area contributed by atoms with Gasteiger partial charge in [0.2, 0.25) is 7.98 Å². The van der Waals surface area contributed by atoms with Crippen LogP contribution in [0.5, 0.6) is 0 Å². The fraction of sp³-hybridized carbons (Fsp3) is 0. The second kappa shape index (κ2) is 2.44. The Morgan fingerprint density at radius 1 is 1.14 bits per heavy atom. The van der Waals surface area contributed by atoms with Gasteiger partial charge in [0.1, 0.15) is 11.4 Å². The number of carbonyl (C=O) groups is 2. The molecule has 2 rings (SSSR count). The molecule has 7 nitrogen and oxygen atoms in total. The van der Waals surface area contributed by atoms with Crippen LogP contribution in [-0.4, -0.2) is 29.1 Å². The van der Waals surface area contributed by atoms with E-state index >= 15 is 0 Å². The molecule has 2 N–H and O–H groups in total. The third-order valence-electron chi connectivity index (χ3n) is 1.81. The van der Waals surface area contributed by atoms with E-state index in [2.05, 4.69) is 4.98 Å². The lowest BCUT2D eigenvalue weighted by Gasteiger charge is -1.98. The molecule has 2 radical (unpaired) electrons. The molecule has 0 aliphatic carbocycles. The fourth-order valence-corrected chi connectivity index (χ4v) is 1.14. The number of Topliss-reactive ketones (excluding diaryl/α,β-unsaturated/α-hetero) is 1. The van der Waals surface area contributed by atoms with Crippen molar-refractivity contribution in [1.82, 2.24) is 9.46 Å². The van der Waals surface area contributed by atoms with E-state index in [0.29, 0.717) is 0 Å². The zero-order chi connectivity index (χ0) is 10.5. The molecule has 1 aromatic rings. The number of amides is 1. The third kappa shape index (κ3) is 0.874. The zero-order valence-electron chi connectivity index (χ0n) is 6.66. The molecule has 0 unspecified atom stereocenters. The summed E-state index contributed by atoms with van der Waals surface area (Å²) in [5, 5.41) is 2.04. The van der Waals surface area contributed by atoms with E-state index in [0.717, 1.165) is 0 Å². The number of hydrogen-bond donors (Lipinski definition) is 2. The average Bonchev–Trinajstić information content (AvgIpc) is 2.39. The van der Waals surface area contributed by atoms with Crippen LogP contribution >= 0.6 is 0 Å². The van der Waals surface area contributed by atoms with Crippen molar-refractivity contribution in [2.24, 2.45) is 0 Å². The summed E-state index contributed by atoms with van der Waals surface area (Å²) in [6.07, 6.45) is 0. The molecule has 0 atom stereocenters. The minimum absolute atomic E-state index is 0.197. The van der Waals surface area contributed by atoms with Gasteiger partial charge < -0.3 is 9.79 Å². The first kappa shape index (κ1) is 8.48. The molecule has 8 heteroatoms. The van der Waals surface area contributed by atoms with Crippen molar-refractivity contribution in [1.29, 1.82) is 0 Å². The third-order valence-corrected chi connectivity index (χ3v) is 1.81. The maximum atomic E-state index is 11.2. The fourth-order valence-electron chi connectivity index (χ4n) is 1.14. The summed E-state index contributed by atoms with van der Waals surface area (Å²) in [5.74, 6) is -2.16. The average molecular weight is 191 g/mol. The molecule has 0 saturated carbocycles. The standard InChI is InChI=1S/C6H2BN3O4/c7-10-5(13)1-2(11)4(12)8-3(1)9-6(10)14/h(H2,8,9,11,12,14). The largest absolute Gasteiger partial charge is 0.318 e. The molecule has 1 aromatic heterocycles. The predicted octanol–water partition coefficient (Wildman–Crippen LogP) is -2.40. The summed E-state index contributed by atoms with van der Waals surface area (Å²) in [6, 6.07) is 0. The monoisotopic (exact) mass is 191 g/mol. The van der Waals surface area contributed by atoms with Crippen LogP contribution in [-0.2, 0) is 4.79 Å². The molecule has 0 bridgehead atoms. The van der Waals surface area contributed by atoms with Crippen molar-refractivity contribution in [3.8, 4) is 0 Å². The number of carbonyl (C=O) groups excluding carboxylic acids is 2. The van der Waals surface area contributed by atoms with Gasteiger partial charge in [-0.3, -0.25) is 19.4 Å². The van der Waals surface area contributed by atoms with E-state index in [4.69, 9.17) is 7.98 Å². The maximum absolute atomic E-state index is 11.2. The molecule has 68 valence electrons. The van der Waals surface area contributed by atoms with Crippen LogP contribution in [0.2, 0.25) is 0 Å². The van der Waals surface area contributed by atoms with Crippen molar-refractivity contribution >= 4 is 25.5 Å². The van der Waals surface area contributed by atoms with Crippen LogP contribution in [0.1, 0.15) is 10.4 Å². The van der Waals surface area contributed by atoms with E-state index in [9.17, 15) is 19.2 Å². The first-order valence-corrected chi connectivity index (χ1v) is 3.52. The lowest BCUT2D eigenvalue weighted by Crippen LogP contribution is -2.36. The van der Waals surface area contributed by atoms with Crippen LogP contribution in [0.25, 0.3) is 0 Å². The number of H-pyrrole nitrogens is 1. The molecule has 1 aliphatic heterocycles. The number of ketones is 1. The van der Waals surface area contributed by atoms with Gasteiger partial charge in [0.15, 0.2) is 0 Å². The quantitative estimate of drug-likeness (QED) is 0.352. The number of aromatic amines is 1. The minimum Gasteiger partial charge on any atom is -0.318 e. The maximum Gasteiger partial charge on any atom is 0.316 e. The zero-order valence-corrected chi connectivity index (χ0v) is 6.66. The van der Waals surface area contributed by atoms with Crippen LogP contribution in [0.4, 0.5) is 5.82 Å². The predicted molar refractivity (Wildman–Crippen MR) is 45.4 cm³/mol.